The number of phenols is 1. The molecule has 3 fully saturated rings. The first-order valence-electron chi connectivity index (χ1n) is 19.8. The van der Waals surface area contributed by atoms with Crippen LogP contribution in [0.4, 0.5) is 0 Å². The summed E-state index contributed by atoms with van der Waals surface area (Å²) in [6, 6.07) is 12.7. The van der Waals surface area contributed by atoms with Gasteiger partial charge in [0.05, 0.1) is 57.3 Å². The largest absolute Gasteiger partial charge is 0.507 e. The van der Waals surface area contributed by atoms with E-state index in [1.54, 1.807) is 13.4 Å². The van der Waals surface area contributed by atoms with Gasteiger partial charge in [0.2, 0.25) is 0 Å². The highest BCUT2D eigenvalue weighted by molar-refractivity contribution is 5.92. The fraction of sp³-hybridized carbons (Fsp3) is 0.535. The molecule has 4 aliphatic heterocycles. The number of hydrogen-bond donors (Lipinski definition) is 4. The zero-order valence-electron chi connectivity index (χ0n) is 31.6. The number of nitrogens with zero attached hydrogens (tertiary/aromatic N) is 2. The molecule has 2 aromatic carbocycles. The third-order valence-electron chi connectivity index (χ3n) is 14.1. The summed E-state index contributed by atoms with van der Waals surface area (Å²) in [5, 5.41) is 25.4. The van der Waals surface area contributed by atoms with Gasteiger partial charge in [-0.05, 0) is 97.1 Å². The Bertz CT molecular complexity index is 2140. The quantitative estimate of drug-likeness (QED) is 0.103. The number of ether oxygens (including phenoxy) is 3. The Morgan fingerprint density at radius 1 is 0.926 bits per heavy atom. The van der Waals surface area contributed by atoms with Crippen LogP contribution in [0.25, 0.3) is 21.8 Å². The molecule has 11 nitrogen and oxygen atoms in total. The van der Waals surface area contributed by atoms with Crippen LogP contribution >= 0.6 is 0 Å². The second-order valence-corrected chi connectivity index (χ2v) is 16.3. The van der Waals surface area contributed by atoms with Crippen LogP contribution in [0.3, 0.4) is 0 Å². The van der Waals surface area contributed by atoms with Crippen LogP contribution in [-0.4, -0.2) is 89.0 Å². The highest BCUT2D eigenvalue weighted by Crippen LogP contribution is 2.57. The third-order valence-corrected chi connectivity index (χ3v) is 14.1. The summed E-state index contributed by atoms with van der Waals surface area (Å²) in [5.41, 5.74) is 8.41. The Kier molecular flexibility index (Phi) is 9.02. The van der Waals surface area contributed by atoms with E-state index in [9.17, 15) is 19.8 Å². The van der Waals surface area contributed by atoms with Crippen molar-refractivity contribution in [1.29, 1.82) is 0 Å². The molecule has 1 aliphatic carbocycles. The molecule has 4 aromatic rings. The van der Waals surface area contributed by atoms with E-state index in [1.807, 2.05) is 6.07 Å². The lowest BCUT2D eigenvalue weighted by Gasteiger charge is -2.55. The standard InChI is InChI=1S/C43H52N4O7/c1-5-22-20-46-14-12-27-37-32(45-40(27)33(46)18-28(22)30(21-52-2)42(50)53-3)16-23(17-36(37)49)41-26-10-11-35(48)38(43(51)54-4)29(26)19-34-39-25(13-15-47(34)41)24-8-6-7-9-31(24)44-39/h6-9,16-17,21-22,26,28-29,33-35,38,41,44-45,48-49H,5,10-15,18-20H2,1-4H3. The van der Waals surface area contributed by atoms with Crippen LogP contribution in [0.2, 0.25) is 0 Å². The van der Waals surface area contributed by atoms with E-state index in [1.165, 1.54) is 30.9 Å². The van der Waals surface area contributed by atoms with Crippen LogP contribution in [-0.2, 0) is 36.6 Å². The molecule has 0 radical (unpaired) electrons. The van der Waals surface area contributed by atoms with Gasteiger partial charge < -0.3 is 34.4 Å². The van der Waals surface area contributed by atoms with Crippen LogP contribution in [0, 0.1) is 29.6 Å². The molecule has 2 saturated heterocycles. The number of piperidine rings is 2. The molecule has 11 heteroatoms. The van der Waals surface area contributed by atoms with E-state index >= 15 is 0 Å². The molecule has 2 aromatic heterocycles. The number of aromatic nitrogens is 2. The topological polar surface area (TPSA) is 140 Å². The average molecular weight is 737 g/mol. The van der Waals surface area contributed by atoms with Crippen molar-refractivity contribution in [3.63, 3.8) is 0 Å². The number of esters is 2. The van der Waals surface area contributed by atoms with Crippen LogP contribution < -0.4 is 0 Å². The number of aliphatic hydroxyl groups excluding tert-OH is 1. The number of nitrogens with one attached hydrogen (secondary N) is 2. The van der Waals surface area contributed by atoms with E-state index in [-0.39, 0.29) is 59.5 Å². The van der Waals surface area contributed by atoms with E-state index in [4.69, 9.17) is 14.2 Å². The lowest BCUT2D eigenvalue weighted by molar-refractivity contribution is -0.163. The van der Waals surface area contributed by atoms with Crippen LogP contribution in [0.5, 0.6) is 5.75 Å². The second kappa shape index (κ2) is 13.8. The molecule has 0 amide bonds. The monoisotopic (exact) mass is 736 g/mol. The number of carbonyl (C=O) groups is 2. The lowest BCUT2D eigenvalue weighted by Crippen LogP contribution is -2.54. The molecule has 286 valence electrons. The van der Waals surface area contributed by atoms with Gasteiger partial charge in [-0.2, -0.15) is 0 Å². The first-order valence-corrected chi connectivity index (χ1v) is 19.8. The number of methoxy groups -OCH3 is 3. The summed E-state index contributed by atoms with van der Waals surface area (Å²) in [6.45, 7) is 4.77. The molecule has 4 N–H and O–H groups in total. The molecular weight excluding hydrogens is 684 g/mol. The highest BCUT2D eigenvalue weighted by atomic mass is 16.5. The van der Waals surface area contributed by atoms with Gasteiger partial charge in [-0.25, -0.2) is 4.79 Å². The van der Waals surface area contributed by atoms with Gasteiger partial charge in [0.15, 0.2) is 0 Å². The number of phenolic OH excluding ortho intramolecular Hbond substituents is 1. The minimum Gasteiger partial charge on any atom is -0.507 e. The Hall–Kier alpha value is -4.32. The molecule has 1 saturated carbocycles. The fourth-order valence-electron chi connectivity index (χ4n) is 11.8. The number of benzene rings is 2. The SMILES string of the molecule is CCC1CN2CCc3c([nH]c4cc(C5C6CCC(O)C(C(=O)OC)C6CC6c7[nH]c8ccccc8c7CCN65)cc(O)c34)C2CC1C(=COC)C(=O)OC. The van der Waals surface area contributed by atoms with Gasteiger partial charge in [-0.3, -0.25) is 14.6 Å². The zero-order chi connectivity index (χ0) is 37.4. The number of fused-ring (bicyclic) bond motifs is 11. The maximum absolute atomic E-state index is 13.4. The predicted molar refractivity (Wildman–Crippen MR) is 204 cm³/mol. The molecule has 5 aliphatic rings. The molecule has 9 atom stereocenters. The number of aliphatic hydroxyl groups is 1. The number of rotatable bonds is 6. The van der Waals surface area contributed by atoms with Crippen LogP contribution in [0.15, 0.2) is 48.2 Å². The first-order chi connectivity index (χ1) is 26.3. The Morgan fingerprint density at radius 3 is 2.48 bits per heavy atom. The summed E-state index contributed by atoms with van der Waals surface area (Å²) in [6.07, 6.45) is 6.25. The van der Waals surface area contributed by atoms with E-state index < -0.39 is 12.0 Å². The van der Waals surface area contributed by atoms with Gasteiger partial charge in [0.25, 0.3) is 0 Å². The van der Waals surface area contributed by atoms with Gasteiger partial charge in [0, 0.05) is 58.9 Å². The summed E-state index contributed by atoms with van der Waals surface area (Å²) >= 11 is 0. The predicted octanol–water partition coefficient (Wildman–Crippen LogP) is 6.22. The Morgan fingerprint density at radius 2 is 1.70 bits per heavy atom. The Balaban J connectivity index is 1.14. The third kappa shape index (κ3) is 5.40. The number of para-hydroxylation sites is 1. The van der Waals surface area contributed by atoms with Gasteiger partial charge >= 0.3 is 11.9 Å². The van der Waals surface area contributed by atoms with Gasteiger partial charge in [-0.15, -0.1) is 0 Å². The summed E-state index contributed by atoms with van der Waals surface area (Å²) < 4.78 is 15.9. The molecule has 6 heterocycles. The molecule has 0 spiro atoms. The number of aromatic hydroxyl groups is 1. The van der Waals surface area contributed by atoms with Crippen molar-refractivity contribution in [1.82, 2.24) is 19.8 Å². The van der Waals surface area contributed by atoms with Crippen molar-refractivity contribution in [3.8, 4) is 5.75 Å². The van der Waals surface area contributed by atoms with Crippen molar-refractivity contribution in [2.75, 3.05) is 41.0 Å². The van der Waals surface area contributed by atoms with E-state index in [0.717, 1.165) is 91.4 Å². The number of H-pyrrole nitrogens is 2. The van der Waals surface area contributed by atoms with Gasteiger partial charge in [0.1, 0.15) is 5.75 Å². The minimum atomic E-state index is -0.754. The maximum atomic E-state index is 13.4. The van der Waals surface area contributed by atoms with Crippen molar-refractivity contribution < 1.29 is 34.0 Å². The number of hydrogen-bond acceptors (Lipinski definition) is 9. The van der Waals surface area contributed by atoms with Gasteiger partial charge in [-0.1, -0.05) is 31.5 Å². The first kappa shape index (κ1) is 35.4. The van der Waals surface area contributed by atoms with Crippen molar-refractivity contribution >= 4 is 33.7 Å². The zero-order valence-corrected chi connectivity index (χ0v) is 31.6. The summed E-state index contributed by atoms with van der Waals surface area (Å²) in [4.78, 5) is 39.1. The van der Waals surface area contributed by atoms with Crippen LogP contribution in [0.1, 0.15) is 85.2 Å². The molecular formula is C43H52N4O7. The summed E-state index contributed by atoms with van der Waals surface area (Å²) in [7, 11) is 4.41. The highest BCUT2D eigenvalue weighted by Gasteiger charge is 2.54. The van der Waals surface area contributed by atoms with Crippen molar-refractivity contribution in [2.24, 2.45) is 29.6 Å². The molecule has 9 unspecified atom stereocenters. The Labute approximate surface area is 315 Å². The average Bonchev–Trinajstić information content (AvgIpc) is 3.77. The van der Waals surface area contributed by atoms with Crippen molar-refractivity contribution in [2.45, 2.75) is 76.1 Å². The molecule has 54 heavy (non-hydrogen) atoms. The number of aromatic amines is 2. The smallest absolute Gasteiger partial charge is 0.337 e. The number of carbonyl (C=O) groups excluding carboxylic acids is 2. The molecule has 0 bridgehead atoms. The second-order valence-electron chi connectivity index (χ2n) is 16.3. The normalized spacial score (nSPS) is 31.2. The van der Waals surface area contributed by atoms with E-state index in [0.29, 0.717) is 12.0 Å². The molecule has 9 rings (SSSR count). The minimum absolute atomic E-state index is 0.0166. The van der Waals surface area contributed by atoms with Crippen molar-refractivity contribution in [3.05, 3.63) is 76.3 Å². The maximum Gasteiger partial charge on any atom is 0.337 e. The lowest BCUT2D eigenvalue weighted by atomic mass is 9.61. The fourth-order valence-corrected chi connectivity index (χ4v) is 11.8. The summed E-state index contributed by atoms with van der Waals surface area (Å²) in [5.74, 6) is -0.789. The van der Waals surface area contributed by atoms with E-state index in [2.05, 4.69) is 57.0 Å².